The van der Waals surface area contributed by atoms with Crippen LogP contribution in [0.15, 0.2) is 58.8 Å². The first-order valence-electron chi connectivity index (χ1n) is 9.03. The van der Waals surface area contributed by atoms with Gasteiger partial charge in [0.05, 0.1) is 17.2 Å². The summed E-state index contributed by atoms with van der Waals surface area (Å²) in [6.45, 7) is 4.05. The number of hydrogen-bond acceptors (Lipinski definition) is 6. The maximum Gasteiger partial charge on any atom is 0.269 e. The van der Waals surface area contributed by atoms with Gasteiger partial charge in [-0.1, -0.05) is 17.7 Å². The predicted molar refractivity (Wildman–Crippen MR) is 118 cm³/mol. The molecular formula is C21H22N4O2S2. The summed E-state index contributed by atoms with van der Waals surface area (Å²) >= 11 is 3.31. The molecule has 8 heteroatoms. The van der Waals surface area contributed by atoms with E-state index in [0.717, 1.165) is 32.6 Å². The second kappa shape index (κ2) is 10.1. The van der Waals surface area contributed by atoms with E-state index in [1.54, 1.807) is 35.2 Å². The van der Waals surface area contributed by atoms with Gasteiger partial charge in [-0.2, -0.15) is 0 Å². The van der Waals surface area contributed by atoms with E-state index in [1.807, 2.05) is 50.2 Å². The smallest absolute Gasteiger partial charge is 0.269 e. The molecule has 0 saturated heterocycles. The van der Waals surface area contributed by atoms with Crippen molar-refractivity contribution >= 4 is 40.6 Å². The number of thioether (sulfide) groups is 1. The van der Waals surface area contributed by atoms with E-state index in [1.165, 1.54) is 0 Å². The van der Waals surface area contributed by atoms with Crippen molar-refractivity contribution in [3.63, 3.8) is 0 Å². The Bertz CT molecular complexity index is 969. The number of benzene rings is 2. The lowest BCUT2D eigenvalue weighted by atomic mass is 10.2. The molecule has 29 heavy (non-hydrogen) atoms. The first-order chi connectivity index (χ1) is 14.0. The van der Waals surface area contributed by atoms with Crippen LogP contribution in [0, 0.1) is 13.8 Å². The van der Waals surface area contributed by atoms with Crippen LogP contribution in [-0.4, -0.2) is 23.3 Å². The lowest BCUT2D eigenvalue weighted by molar-refractivity contribution is -0.120. The molecule has 0 unspecified atom stereocenters. The summed E-state index contributed by atoms with van der Waals surface area (Å²) in [5.41, 5.74) is 8.37. The largest absolute Gasteiger partial charge is 0.376 e. The van der Waals surface area contributed by atoms with Crippen LogP contribution in [0.25, 0.3) is 0 Å². The Morgan fingerprint density at radius 1 is 1.00 bits per heavy atom. The fourth-order valence-electron chi connectivity index (χ4n) is 2.43. The molecule has 0 aliphatic heterocycles. The molecule has 150 valence electrons. The number of nitrogens with zero attached hydrogens (tertiary/aromatic N) is 1. The van der Waals surface area contributed by atoms with Crippen molar-refractivity contribution in [2.75, 3.05) is 11.9 Å². The standard InChI is InChI=1S/C21H22N4O2S2/c1-14-3-7-17(8-4-14)22-11-20(26)24-25-21(27)16-5-9-19(10-6-16)29-13-18-12-28-15(2)23-18/h3-10,12,22H,11,13H2,1-2H3,(H,24,26)(H,25,27). The number of anilines is 1. The van der Waals surface area contributed by atoms with E-state index < -0.39 is 0 Å². The molecule has 3 rings (SSSR count). The van der Waals surface area contributed by atoms with Crippen LogP contribution in [0.3, 0.4) is 0 Å². The minimum atomic E-state index is -0.361. The number of hydrazine groups is 1. The number of amides is 2. The van der Waals surface area contributed by atoms with E-state index in [4.69, 9.17) is 0 Å². The molecule has 0 radical (unpaired) electrons. The summed E-state index contributed by atoms with van der Waals surface area (Å²) in [6, 6.07) is 15.0. The number of carbonyl (C=O) groups excluding carboxylic acids is 2. The molecule has 0 spiro atoms. The minimum absolute atomic E-state index is 0.0645. The molecule has 0 aliphatic carbocycles. The van der Waals surface area contributed by atoms with Gasteiger partial charge >= 0.3 is 0 Å². The quantitative estimate of drug-likeness (QED) is 0.394. The van der Waals surface area contributed by atoms with Crippen LogP contribution >= 0.6 is 23.1 Å². The zero-order valence-corrected chi connectivity index (χ0v) is 17.8. The SMILES string of the molecule is Cc1ccc(NCC(=O)NNC(=O)c2ccc(SCc3csc(C)n3)cc2)cc1. The lowest BCUT2D eigenvalue weighted by Gasteiger charge is -2.09. The van der Waals surface area contributed by atoms with Crippen molar-refractivity contribution in [3.05, 3.63) is 75.7 Å². The summed E-state index contributed by atoms with van der Waals surface area (Å²) < 4.78 is 0. The highest BCUT2D eigenvalue weighted by molar-refractivity contribution is 7.98. The second-order valence-corrected chi connectivity index (χ2v) is 8.50. The average Bonchev–Trinajstić information content (AvgIpc) is 3.15. The highest BCUT2D eigenvalue weighted by Crippen LogP contribution is 2.23. The molecule has 3 N–H and O–H groups in total. The summed E-state index contributed by atoms with van der Waals surface area (Å²) in [5, 5.41) is 6.12. The third kappa shape index (κ3) is 6.62. The van der Waals surface area contributed by atoms with Crippen LogP contribution in [0.1, 0.15) is 26.6 Å². The van der Waals surface area contributed by atoms with Gasteiger partial charge in [-0.15, -0.1) is 23.1 Å². The van der Waals surface area contributed by atoms with Gasteiger partial charge in [0.15, 0.2) is 0 Å². The van der Waals surface area contributed by atoms with Crippen LogP contribution in [0.2, 0.25) is 0 Å². The molecule has 0 bridgehead atoms. The van der Waals surface area contributed by atoms with E-state index >= 15 is 0 Å². The number of carbonyl (C=O) groups is 2. The van der Waals surface area contributed by atoms with Gasteiger partial charge in [0, 0.05) is 27.3 Å². The van der Waals surface area contributed by atoms with Crippen molar-refractivity contribution in [2.45, 2.75) is 24.5 Å². The summed E-state index contributed by atoms with van der Waals surface area (Å²) in [5.74, 6) is 0.102. The molecule has 2 aromatic carbocycles. The van der Waals surface area contributed by atoms with Crippen molar-refractivity contribution < 1.29 is 9.59 Å². The molecule has 1 heterocycles. The van der Waals surface area contributed by atoms with Crippen molar-refractivity contribution in [3.8, 4) is 0 Å². The Kier molecular flexibility index (Phi) is 7.26. The molecule has 0 fully saturated rings. The van der Waals surface area contributed by atoms with E-state index in [-0.39, 0.29) is 18.4 Å². The maximum atomic E-state index is 12.2. The molecule has 0 aliphatic rings. The first kappa shape index (κ1) is 20.9. The van der Waals surface area contributed by atoms with Crippen LogP contribution < -0.4 is 16.2 Å². The second-order valence-electron chi connectivity index (χ2n) is 6.39. The van der Waals surface area contributed by atoms with Crippen molar-refractivity contribution in [1.82, 2.24) is 15.8 Å². The first-order valence-corrected chi connectivity index (χ1v) is 10.9. The molecule has 1 aromatic heterocycles. The van der Waals surface area contributed by atoms with Crippen molar-refractivity contribution in [1.29, 1.82) is 0 Å². The molecule has 0 saturated carbocycles. The lowest BCUT2D eigenvalue weighted by Crippen LogP contribution is -2.44. The number of aromatic nitrogens is 1. The minimum Gasteiger partial charge on any atom is -0.376 e. The fourth-order valence-corrected chi connectivity index (χ4v) is 3.94. The van der Waals surface area contributed by atoms with E-state index in [9.17, 15) is 9.59 Å². The topological polar surface area (TPSA) is 83.1 Å². The number of rotatable bonds is 7. The average molecular weight is 427 g/mol. The normalized spacial score (nSPS) is 10.4. The van der Waals surface area contributed by atoms with E-state index in [0.29, 0.717) is 5.56 Å². The van der Waals surface area contributed by atoms with Gasteiger partial charge in [0.25, 0.3) is 11.8 Å². The zero-order valence-electron chi connectivity index (χ0n) is 16.2. The molecule has 6 nitrogen and oxygen atoms in total. The molecule has 0 atom stereocenters. The summed E-state index contributed by atoms with van der Waals surface area (Å²) in [4.78, 5) is 29.6. The number of aryl methyl sites for hydroxylation is 2. The van der Waals surface area contributed by atoms with Gasteiger partial charge in [0.2, 0.25) is 0 Å². The van der Waals surface area contributed by atoms with Crippen molar-refractivity contribution in [2.24, 2.45) is 0 Å². The maximum absolute atomic E-state index is 12.2. The highest BCUT2D eigenvalue weighted by Gasteiger charge is 2.08. The zero-order chi connectivity index (χ0) is 20.6. The van der Waals surface area contributed by atoms with E-state index in [2.05, 4.69) is 26.5 Å². The number of hydrogen-bond donors (Lipinski definition) is 3. The molecular weight excluding hydrogens is 404 g/mol. The Hall–Kier alpha value is -2.84. The van der Waals surface area contributed by atoms with Gasteiger partial charge in [-0.05, 0) is 50.2 Å². The number of nitrogens with one attached hydrogen (secondary N) is 3. The Morgan fingerprint density at radius 2 is 1.72 bits per heavy atom. The Morgan fingerprint density at radius 3 is 2.38 bits per heavy atom. The van der Waals surface area contributed by atoms with Gasteiger partial charge in [0.1, 0.15) is 0 Å². The summed E-state index contributed by atoms with van der Waals surface area (Å²) in [6.07, 6.45) is 0. The highest BCUT2D eigenvalue weighted by atomic mass is 32.2. The molecule has 3 aromatic rings. The molecule has 2 amide bonds. The fraction of sp³-hybridized carbons (Fsp3) is 0.190. The number of thiazole rings is 1. The summed E-state index contributed by atoms with van der Waals surface area (Å²) in [7, 11) is 0. The Balaban J connectivity index is 1.41. The van der Waals surface area contributed by atoms with Gasteiger partial charge < -0.3 is 5.32 Å². The predicted octanol–water partition coefficient (Wildman–Crippen LogP) is 3.93. The van der Waals surface area contributed by atoms with Crippen LogP contribution in [-0.2, 0) is 10.5 Å². The van der Waals surface area contributed by atoms with Gasteiger partial charge in [-0.3, -0.25) is 20.4 Å². The van der Waals surface area contributed by atoms with Crippen LogP contribution in [0.4, 0.5) is 5.69 Å². The third-order valence-corrected chi connectivity index (χ3v) is 5.86. The Labute approximate surface area is 178 Å². The third-order valence-electron chi connectivity index (χ3n) is 3.99. The monoisotopic (exact) mass is 426 g/mol. The van der Waals surface area contributed by atoms with Crippen LogP contribution in [0.5, 0.6) is 0 Å². The van der Waals surface area contributed by atoms with Gasteiger partial charge in [-0.25, -0.2) is 4.98 Å².